The minimum absolute atomic E-state index is 0.00354. The number of anilines is 1. The van der Waals surface area contributed by atoms with Crippen LogP contribution in [-0.2, 0) is 20.1 Å². The smallest absolute Gasteiger partial charge is 0.295 e. The summed E-state index contributed by atoms with van der Waals surface area (Å²) in [6.07, 6.45) is 0. The van der Waals surface area contributed by atoms with Crippen LogP contribution in [0.4, 0.5) is 5.69 Å². The Morgan fingerprint density at radius 2 is 1.35 bits per heavy atom. The highest BCUT2D eigenvalue weighted by Gasteiger charge is 2.22. The molecule has 31 heavy (non-hydrogen) atoms. The fourth-order valence-electron chi connectivity index (χ4n) is 3.86. The minimum Gasteiger partial charge on any atom is -0.357 e. The number of aryl methyl sites for hydroxylation is 1. The van der Waals surface area contributed by atoms with Crippen LogP contribution in [-0.4, -0.2) is 9.36 Å². The molecule has 158 valence electrons. The zero-order chi connectivity index (χ0) is 22.0. The number of nitrogens with zero attached hydrogens (tertiary/aromatic N) is 3. The van der Waals surface area contributed by atoms with Crippen molar-refractivity contribution in [2.24, 2.45) is 7.05 Å². The van der Waals surface area contributed by atoms with Crippen LogP contribution in [0, 0.1) is 17.4 Å². The van der Waals surface area contributed by atoms with Crippen molar-refractivity contribution in [2.45, 2.75) is 26.9 Å². The molecule has 4 nitrogen and oxygen atoms in total. The van der Waals surface area contributed by atoms with Crippen molar-refractivity contribution in [3.8, 4) is 5.69 Å². The standard InChI is InChI=1S/C26H26IN3O/c1-19-9-11-21(12-10-19)17-29(18-22-13-15-23(27)16-14-22)25-20(2)28(3)30(26(25)31)24-7-5-4-6-8-24/h4-16H,17-18H2,1-3H3. The van der Waals surface area contributed by atoms with Crippen LogP contribution in [0.3, 0.4) is 0 Å². The number of rotatable bonds is 6. The van der Waals surface area contributed by atoms with Crippen LogP contribution in [0.2, 0.25) is 0 Å². The molecule has 4 aromatic rings. The Balaban J connectivity index is 1.80. The van der Waals surface area contributed by atoms with Crippen LogP contribution < -0.4 is 10.5 Å². The predicted molar refractivity (Wildman–Crippen MR) is 136 cm³/mol. The van der Waals surface area contributed by atoms with E-state index in [1.807, 2.05) is 49.0 Å². The van der Waals surface area contributed by atoms with Crippen molar-refractivity contribution in [3.63, 3.8) is 0 Å². The van der Waals surface area contributed by atoms with Gasteiger partial charge in [0.15, 0.2) is 0 Å². The molecule has 5 heteroatoms. The van der Waals surface area contributed by atoms with E-state index in [2.05, 4.69) is 82.9 Å². The molecule has 0 fully saturated rings. The molecule has 0 bridgehead atoms. The summed E-state index contributed by atoms with van der Waals surface area (Å²) in [5.41, 5.74) is 6.16. The molecule has 1 aromatic heterocycles. The predicted octanol–water partition coefficient (Wildman–Crippen LogP) is 5.60. The van der Waals surface area contributed by atoms with Crippen molar-refractivity contribution in [1.82, 2.24) is 9.36 Å². The van der Waals surface area contributed by atoms with Crippen molar-refractivity contribution >= 4 is 28.3 Å². The molecular formula is C26H26IN3O. The van der Waals surface area contributed by atoms with Crippen molar-refractivity contribution in [3.05, 3.63) is 115 Å². The number of hydrogen-bond donors (Lipinski definition) is 0. The van der Waals surface area contributed by atoms with Gasteiger partial charge in [-0.25, -0.2) is 4.68 Å². The molecule has 0 unspecified atom stereocenters. The molecule has 1 heterocycles. The molecule has 0 aliphatic heterocycles. The third-order valence-electron chi connectivity index (χ3n) is 5.62. The average molecular weight is 523 g/mol. The molecule has 0 radical (unpaired) electrons. The Labute approximate surface area is 196 Å². The Morgan fingerprint density at radius 1 is 0.806 bits per heavy atom. The molecule has 0 saturated carbocycles. The maximum atomic E-state index is 13.6. The van der Waals surface area contributed by atoms with E-state index in [1.54, 1.807) is 4.68 Å². The van der Waals surface area contributed by atoms with Gasteiger partial charge in [-0.05, 0) is 71.8 Å². The first kappa shape index (κ1) is 21.4. The van der Waals surface area contributed by atoms with E-state index >= 15 is 0 Å². The molecule has 0 spiro atoms. The third kappa shape index (κ3) is 4.61. The highest BCUT2D eigenvalue weighted by Crippen LogP contribution is 2.23. The summed E-state index contributed by atoms with van der Waals surface area (Å²) in [5.74, 6) is 0. The van der Waals surface area contributed by atoms with E-state index in [-0.39, 0.29) is 5.56 Å². The Kier molecular flexibility index (Phi) is 6.32. The molecule has 4 rings (SSSR count). The maximum absolute atomic E-state index is 13.6. The lowest BCUT2D eigenvalue weighted by Crippen LogP contribution is -2.29. The van der Waals surface area contributed by atoms with Crippen molar-refractivity contribution < 1.29 is 0 Å². The molecule has 0 amide bonds. The normalized spacial score (nSPS) is 11.0. The van der Waals surface area contributed by atoms with Gasteiger partial charge < -0.3 is 4.90 Å². The number of benzene rings is 3. The van der Waals surface area contributed by atoms with Crippen LogP contribution in [0.25, 0.3) is 5.69 Å². The Hall–Kier alpha value is -2.80. The summed E-state index contributed by atoms with van der Waals surface area (Å²) in [6.45, 7) is 5.44. The van der Waals surface area contributed by atoms with Crippen LogP contribution >= 0.6 is 22.6 Å². The van der Waals surface area contributed by atoms with Gasteiger partial charge in [0.05, 0.1) is 11.4 Å². The van der Waals surface area contributed by atoms with Crippen LogP contribution in [0.15, 0.2) is 83.7 Å². The number of para-hydroxylation sites is 1. The Bertz CT molecular complexity index is 1180. The minimum atomic E-state index is 0.00354. The van der Waals surface area contributed by atoms with Gasteiger partial charge in [-0.3, -0.25) is 9.48 Å². The van der Waals surface area contributed by atoms with Crippen molar-refractivity contribution in [1.29, 1.82) is 0 Å². The fourth-order valence-corrected chi connectivity index (χ4v) is 4.22. The largest absolute Gasteiger partial charge is 0.357 e. The van der Waals surface area contributed by atoms with Gasteiger partial charge in [0.25, 0.3) is 5.56 Å². The second-order valence-corrected chi connectivity index (χ2v) is 9.12. The third-order valence-corrected chi connectivity index (χ3v) is 6.34. The number of halogens is 1. The van der Waals surface area contributed by atoms with Crippen molar-refractivity contribution in [2.75, 3.05) is 4.90 Å². The molecule has 0 aliphatic rings. The summed E-state index contributed by atoms with van der Waals surface area (Å²) >= 11 is 2.32. The van der Waals surface area contributed by atoms with E-state index in [0.29, 0.717) is 13.1 Å². The monoisotopic (exact) mass is 523 g/mol. The average Bonchev–Trinajstić information content (AvgIpc) is 2.99. The highest BCUT2D eigenvalue weighted by molar-refractivity contribution is 14.1. The van der Waals surface area contributed by atoms with Gasteiger partial charge in [-0.1, -0.05) is 60.2 Å². The van der Waals surface area contributed by atoms with E-state index in [0.717, 1.165) is 17.1 Å². The molecule has 0 aliphatic carbocycles. The van der Waals surface area contributed by atoms with Crippen LogP contribution in [0.1, 0.15) is 22.4 Å². The van der Waals surface area contributed by atoms with E-state index < -0.39 is 0 Å². The summed E-state index contributed by atoms with van der Waals surface area (Å²) in [5, 5.41) is 0. The zero-order valence-electron chi connectivity index (χ0n) is 18.0. The quantitative estimate of drug-likeness (QED) is 0.308. The lowest BCUT2D eigenvalue weighted by molar-refractivity contribution is 0.630. The number of hydrogen-bond acceptors (Lipinski definition) is 2. The molecule has 3 aromatic carbocycles. The first-order valence-corrected chi connectivity index (χ1v) is 11.4. The van der Waals surface area contributed by atoms with Gasteiger partial charge in [-0.2, -0.15) is 0 Å². The second kappa shape index (κ2) is 9.14. The SMILES string of the molecule is Cc1ccc(CN(Cc2ccc(I)cc2)c2c(C)n(C)n(-c3ccccc3)c2=O)cc1. The molecule has 0 atom stereocenters. The lowest BCUT2D eigenvalue weighted by atomic mass is 10.1. The summed E-state index contributed by atoms with van der Waals surface area (Å²) < 4.78 is 4.90. The van der Waals surface area contributed by atoms with Gasteiger partial charge in [0, 0.05) is 23.7 Å². The van der Waals surface area contributed by atoms with Gasteiger partial charge in [0.1, 0.15) is 5.69 Å². The van der Waals surface area contributed by atoms with Gasteiger partial charge >= 0.3 is 0 Å². The molecular weight excluding hydrogens is 497 g/mol. The Morgan fingerprint density at radius 3 is 1.94 bits per heavy atom. The topological polar surface area (TPSA) is 30.2 Å². The summed E-state index contributed by atoms with van der Waals surface area (Å²) in [7, 11) is 1.95. The van der Waals surface area contributed by atoms with Crippen LogP contribution in [0.5, 0.6) is 0 Å². The fraction of sp³-hybridized carbons (Fsp3) is 0.192. The zero-order valence-corrected chi connectivity index (χ0v) is 20.2. The van der Waals surface area contributed by atoms with Gasteiger partial charge in [-0.15, -0.1) is 0 Å². The highest BCUT2D eigenvalue weighted by atomic mass is 127. The van der Waals surface area contributed by atoms with E-state index in [4.69, 9.17) is 0 Å². The summed E-state index contributed by atoms with van der Waals surface area (Å²) in [6, 6.07) is 26.8. The van der Waals surface area contributed by atoms with E-state index in [9.17, 15) is 4.79 Å². The number of aromatic nitrogens is 2. The summed E-state index contributed by atoms with van der Waals surface area (Å²) in [4.78, 5) is 15.8. The van der Waals surface area contributed by atoms with E-state index in [1.165, 1.54) is 20.3 Å². The first-order chi connectivity index (χ1) is 14.9. The molecule has 0 saturated heterocycles. The first-order valence-electron chi connectivity index (χ1n) is 10.3. The second-order valence-electron chi connectivity index (χ2n) is 7.88. The lowest BCUT2D eigenvalue weighted by Gasteiger charge is -2.24. The molecule has 0 N–H and O–H groups in total. The maximum Gasteiger partial charge on any atom is 0.295 e. The van der Waals surface area contributed by atoms with Gasteiger partial charge in [0.2, 0.25) is 0 Å².